The standard InChI is InChI=1S/C40H49N13O6.C4H10O/c1-8-52-29(17-23(3)46-52)37(56)44-39-48(5)27-19-25(35(42)54)21-31(58-7)33(27)50(39)14-10-11-15-51-34-28(20-26(36(43)55)22-32(34)59-16-12-13-41)49(6)40(51)45-38(57)30-18-24(4)47-53(30)9-2;1-3-5-4-2/h10-11,17-22H,8-9,12-16,41H2,1-7H3,(H2,42,54)(H2,43,55);3-4H2,1-2H3/b11-10+,44-39?,45-40?;. The summed E-state index contributed by atoms with van der Waals surface area (Å²) in [4.78, 5) is 61.5. The van der Waals surface area contributed by atoms with Crippen LogP contribution in [0.2, 0.25) is 0 Å². The molecule has 0 saturated heterocycles. The van der Waals surface area contributed by atoms with Gasteiger partial charge in [-0.15, -0.1) is 0 Å². The number of carbonyl (C=O) groups is 4. The number of nitrogens with zero attached hydrogens (tertiary/aromatic N) is 10. The number of benzene rings is 2. The summed E-state index contributed by atoms with van der Waals surface area (Å²) in [7, 11) is 4.95. The molecule has 6 rings (SSSR count). The third kappa shape index (κ3) is 10.2. The second-order valence-corrected chi connectivity index (χ2v) is 14.6. The summed E-state index contributed by atoms with van der Waals surface area (Å²) in [6, 6.07) is 9.73. The topological polar surface area (TPSA) is 254 Å². The number of amides is 4. The summed E-state index contributed by atoms with van der Waals surface area (Å²) < 4.78 is 27.0. The lowest BCUT2D eigenvalue weighted by Crippen LogP contribution is -2.27. The van der Waals surface area contributed by atoms with Crippen LogP contribution in [0.5, 0.6) is 11.5 Å². The van der Waals surface area contributed by atoms with Gasteiger partial charge in [-0.2, -0.15) is 20.2 Å². The molecule has 64 heavy (non-hydrogen) atoms. The van der Waals surface area contributed by atoms with Crippen molar-refractivity contribution < 1.29 is 33.4 Å². The second-order valence-electron chi connectivity index (χ2n) is 14.6. The van der Waals surface area contributed by atoms with E-state index in [2.05, 4.69) is 20.2 Å². The van der Waals surface area contributed by atoms with E-state index >= 15 is 0 Å². The number of hydrogen-bond acceptors (Lipinski definition) is 10. The lowest BCUT2D eigenvalue weighted by molar-refractivity contribution is 0.0977. The van der Waals surface area contributed by atoms with Crippen LogP contribution in [0.3, 0.4) is 0 Å². The van der Waals surface area contributed by atoms with Crippen LogP contribution in [0.15, 0.2) is 58.5 Å². The SMILES string of the molecule is CCOCC.CCn1nc(C)cc1C(=O)N=c1n(C)c2cc(C(N)=O)cc(OC)c2n1C/C=C/Cn1c(=NC(=O)c2cc(C)nn2CC)n(C)c2cc(C(N)=O)cc(OCCCN)c21. The zero-order valence-electron chi connectivity index (χ0n) is 38.0. The number of imidazole rings is 2. The Morgan fingerprint density at radius 3 is 1.50 bits per heavy atom. The molecule has 20 nitrogen and oxygen atoms in total. The summed E-state index contributed by atoms with van der Waals surface area (Å²) in [5.41, 5.74) is 22.4. The average Bonchev–Trinajstić information content (AvgIpc) is 4.00. The molecule has 0 fully saturated rings. The second kappa shape index (κ2) is 21.3. The van der Waals surface area contributed by atoms with E-state index in [1.807, 2.05) is 44.4 Å². The lowest BCUT2D eigenvalue weighted by atomic mass is 10.1. The molecular weight excluding hydrogens is 823 g/mol. The van der Waals surface area contributed by atoms with Crippen LogP contribution in [-0.4, -0.2) is 94.9 Å². The number of aromatic nitrogens is 8. The largest absolute Gasteiger partial charge is 0.494 e. The molecule has 0 saturated carbocycles. The lowest BCUT2D eigenvalue weighted by Gasteiger charge is -2.11. The Morgan fingerprint density at radius 1 is 0.688 bits per heavy atom. The molecule has 20 heteroatoms. The van der Waals surface area contributed by atoms with Crippen molar-refractivity contribution in [3.63, 3.8) is 0 Å². The summed E-state index contributed by atoms with van der Waals surface area (Å²) >= 11 is 0. The molecule has 6 N–H and O–H groups in total. The first-order valence-corrected chi connectivity index (χ1v) is 21.1. The van der Waals surface area contributed by atoms with Gasteiger partial charge in [0.25, 0.3) is 11.8 Å². The maximum Gasteiger partial charge on any atom is 0.298 e. The van der Waals surface area contributed by atoms with Gasteiger partial charge < -0.3 is 49.7 Å². The van der Waals surface area contributed by atoms with Crippen molar-refractivity contribution in [2.24, 2.45) is 41.3 Å². The molecule has 342 valence electrons. The third-order valence-electron chi connectivity index (χ3n) is 10.2. The highest BCUT2D eigenvalue weighted by molar-refractivity contribution is 6.00. The Kier molecular flexibility index (Phi) is 16.0. The van der Waals surface area contributed by atoms with E-state index in [0.29, 0.717) is 82.4 Å². The van der Waals surface area contributed by atoms with Gasteiger partial charge in [-0.05, 0) is 90.9 Å². The summed E-state index contributed by atoms with van der Waals surface area (Å²) in [6.45, 7) is 15.0. The molecule has 0 radical (unpaired) electrons. The molecule has 4 aromatic heterocycles. The first kappa shape index (κ1) is 48.0. The molecule has 4 amide bonds. The highest BCUT2D eigenvalue weighted by Crippen LogP contribution is 2.29. The van der Waals surface area contributed by atoms with Crippen molar-refractivity contribution in [2.45, 2.75) is 74.1 Å². The van der Waals surface area contributed by atoms with Crippen LogP contribution >= 0.6 is 0 Å². The number of ether oxygens (including phenoxy) is 3. The molecule has 0 atom stereocenters. The van der Waals surface area contributed by atoms with Crippen molar-refractivity contribution in [1.29, 1.82) is 0 Å². The zero-order valence-corrected chi connectivity index (χ0v) is 38.0. The van der Waals surface area contributed by atoms with E-state index in [1.165, 1.54) is 7.11 Å². The van der Waals surface area contributed by atoms with Crippen LogP contribution in [0, 0.1) is 13.8 Å². The van der Waals surface area contributed by atoms with Crippen molar-refractivity contribution in [2.75, 3.05) is 33.5 Å². The summed E-state index contributed by atoms with van der Waals surface area (Å²) in [5, 5.41) is 8.82. The van der Waals surface area contributed by atoms with Gasteiger partial charge in [0.15, 0.2) is 0 Å². The van der Waals surface area contributed by atoms with E-state index in [-0.39, 0.29) is 42.1 Å². The minimum atomic E-state index is -0.653. The van der Waals surface area contributed by atoms with Gasteiger partial charge in [-0.25, -0.2) is 0 Å². The third-order valence-corrected chi connectivity index (χ3v) is 10.2. The van der Waals surface area contributed by atoms with E-state index in [1.54, 1.807) is 87.4 Å². The first-order valence-electron chi connectivity index (χ1n) is 21.1. The fourth-order valence-electron chi connectivity index (χ4n) is 7.23. The van der Waals surface area contributed by atoms with Crippen LogP contribution in [0.1, 0.15) is 87.2 Å². The van der Waals surface area contributed by atoms with E-state index < -0.39 is 23.6 Å². The van der Waals surface area contributed by atoms with Crippen LogP contribution < -0.4 is 37.9 Å². The monoisotopic (exact) mass is 881 g/mol. The minimum absolute atomic E-state index is 0.174. The number of allylic oxidation sites excluding steroid dienone is 2. The Balaban J connectivity index is 0.00000146. The van der Waals surface area contributed by atoms with Crippen LogP contribution in [0.4, 0.5) is 0 Å². The predicted octanol–water partition coefficient (Wildman–Crippen LogP) is 3.04. The Bertz CT molecular complexity index is 2860. The van der Waals surface area contributed by atoms with Crippen molar-refractivity contribution in [3.8, 4) is 11.5 Å². The normalized spacial score (nSPS) is 12.1. The number of fused-ring (bicyclic) bond motifs is 2. The molecular formula is C44H59N13O7. The Hall–Kier alpha value is -7.06. The van der Waals surface area contributed by atoms with Crippen molar-refractivity contribution in [1.82, 2.24) is 37.8 Å². The summed E-state index contributed by atoms with van der Waals surface area (Å²) in [5.74, 6) is -1.62. The average molecular weight is 882 g/mol. The highest BCUT2D eigenvalue weighted by atomic mass is 16.5. The fourth-order valence-corrected chi connectivity index (χ4v) is 7.23. The van der Waals surface area contributed by atoms with Gasteiger partial charge in [0.2, 0.25) is 23.1 Å². The molecule has 0 aliphatic heterocycles. The molecule has 2 aromatic carbocycles. The quantitative estimate of drug-likeness (QED) is 0.0892. The number of primary amides is 2. The molecule has 0 unspecified atom stereocenters. The number of methoxy groups -OCH3 is 1. The van der Waals surface area contributed by atoms with E-state index in [9.17, 15) is 19.2 Å². The van der Waals surface area contributed by atoms with Gasteiger partial charge in [0.05, 0.1) is 36.1 Å². The highest BCUT2D eigenvalue weighted by Gasteiger charge is 2.22. The minimum Gasteiger partial charge on any atom is -0.494 e. The van der Waals surface area contributed by atoms with E-state index in [4.69, 9.17) is 31.4 Å². The Morgan fingerprint density at radius 2 is 1.12 bits per heavy atom. The number of nitrogens with two attached hydrogens (primary N) is 3. The first-order chi connectivity index (χ1) is 30.6. The van der Waals surface area contributed by atoms with Gasteiger partial charge in [-0.1, -0.05) is 12.2 Å². The van der Waals surface area contributed by atoms with Gasteiger partial charge in [0.1, 0.15) is 33.9 Å². The zero-order chi connectivity index (χ0) is 46.8. The fraction of sp³-hybridized carbons (Fsp3) is 0.409. The molecule has 0 spiro atoms. The van der Waals surface area contributed by atoms with Gasteiger partial charge in [-0.3, -0.25) is 28.5 Å². The van der Waals surface area contributed by atoms with Crippen molar-refractivity contribution >= 4 is 45.7 Å². The smallest absolute Gasteiger partial charge is 0.298 e. The number of rotatable bonds is 17. The maximum atomic E-state index is 13.8. The maximum absolute atomic E-state index is 13.8. The molecule has 0 aliphatic rings. The number of carbonyl (C=O) groups excluding carboxylic acids is 4. The van der Waals surface area contributed by atoms with E-state index in [0.717, 1.165) is 13.2 Å². The number of aryl methyl sites for hydroxylation is 6. The van der Waals surface area contributed by atoms with Gasteiger partial charge >= 0.3 is 0 Å². The summed E-state index contributed by atoms with van der Waals surface area (Å²) in [6.07, 6.45) is 4.28. The van der Waals surface area contributed by atoms with Crippen molar-refractivity contribution in [3.05, 3.63) is 93.7 Å². The number of hydrogen-bond donors (Lipinski definition) is 3. The van der Waals surface area contributed by atoms with Crippen LogP contribution in [0.25, 0.3) is 22.1 Å². The predicted molar refractivity (Wildman–Crippen MR) is 241 cm³/mol. The molecule has 0 bridgehead atoms. The van der Waals surface area contributed by atoms with Gasteiger partial charge in [0, 0.05) is 64.6 Å². The molecule has 6 aromatic rings. The molecule has 0 aliphatic carbocycles. The molecule has 4 heterocycles. The van der Waals surface area contributed by atoms with Crippen LogP contribution in [-0.2, 0) is 45.0 Å². The Labute approximate surface area is 370 Å².